The summed E-state index contributed by atoms with van der Waals surface area (Å²) in [6, 6.07) is 29.4. The minimum absolute atomic E-state index is 0.136. The van der Waals surface area contributed by atoms with E-state index in [0.717, 1.165) is 39.1 Å². The predicted octanol–water partition coefficient (Wildman–Crippen LogP) is 7.43. The Morgan fingerprint density at radius 2 is 1.70 bits per heavy atom. The van der Waals surface area contributed by atoms with Crippen LogP contribution in [0.5, 0.6) is 0 Å². The Bertz CT molecular complexity index is 1840. The van der Waals surface area contributed by atoms with Gasteiger partial charge >= 0.3 is 0 Å². The molecule has 0 saturated carbocycles. The highest BCUT2D eigenvalue weighted by Crippen LogP contribution is 2.50. The summed E-state index contributed by atoms with van der Waals surface area (Å²) in [7, 11) is 0. The monoisotopic (exact) mass is 624 g/mol. The molecule has 1 aromatic heterocycles. The van der Waals surface area contributed by atoms with Crippen LogP contribution in [0, 0.1) is 19.7 Å². The number of anilines is 1. The van der Waals surface area contributed by atoms with Gasteiger partial charge in [-0.25, -0.2) is 9.07 Å². The van der Waals surface area contributed by atoms with Crippen LogP contribution in [0.1, 0.15) is 33.1 Å². The summed E-state index contributed by atoms with van der Waals surface area (Å²) >= 11 is 8.26. The Morgan fingerprint density at radius 3 is 2.45 bits per heavy atom. The lowest BCUT2D eigenvalue weighted by molar-refractivity contribution is -0.123. The number of halogens is 2. The summed E-state index contributed by atoms with van der Waals surface area (Å²) in [5, 5.41) is 8.33. The molecule has 1 N–H and O–H groups in total. The van der Waals surface area contributed by atoms with E-state index in [-0.39, 0.29) is 41.7 Å². The number of fused-ring (bicyclic) bond motifs is 1. The second-order valence-corrected chi connectivity index (χ2v) is 12.2. The average Bonchev–Trinajstić information content (AvgIpc) is 3.35. The Balaban J connectivity index is 1.53. The fourth-order valence-corrected chi connectivity index (χ4v) is 6.94. The first-order valence-electron chi connectivity index (χ1n) is 14.2. The Kier molecular flexibility index (Phi) is 8.55. The third-order valence-corrected chi connectivity index (χ3v) is 9.41. The number of aromatic nitrogens is 2. The van der Waals surface area contributed by atoms with Crippen molar-refractivity contribution < 1.29 is 14.0 Å². The summed E-state index contributed by atoms with van der Waals surface area (Å²) in [5.74, 6) is -0.230. The summed E-state index contributed by atoms with van der Waals surface area (Å²) in [4.78, 5) is 29.0. The molecule has 0 fully saturated rings. The average molecular weight is 625 g/mol. The smallest absolute Gasteiger partial charge is 0.240 e. The standard InChI is InChI=1S/C35H30ClFN4O2S/c1-22-9-8-14-29(23(22)2)41-35-32(33(39-41)25-10-4-3-5-11-25)34(27-12-6-7-13-28(27)36)44-21-31(43)40(35)20-30(42)38-19-24-15-17-26(37)18-16-24/h3-18,34H,19-21H2,1-2H3,(H,38,42)/t34-/m1/s1. The highest BCUT2D eigenvalue weighted by Gasteiger charge is 2.38. The van der Waals surface area contributed by atoms with Crippen molar-refractivity contribution >= 4 is 41.0 Å². The van der Waals surface area contributed by atoms with Crippen LogP contribution in [0.2, 0.25) is 5.02 Å². The molecule has 1 aliphatic heterocycles. The second-order valence-electron chi connectivity index (χ2n) is 10.7. The highest BCUT2D eigenvalue weighted by atomic mass is 35.5. The molecule has 222 valence electrons. The first-order valence-corrected chi connectivity index (χ1v) is 15.7. The quantitative estimate of drug-likeness (QED) is 0.204. The van der Waals surface area contributed by atoms with Crippen LogP contribution in [0.4, 0.5) is 10.2 Å². The van der Waals surface area contributed by atoms with Crippen LogP contribution in [0.25, 0.3) is 16.9 Å². The topological polar surface area (TPSA) is 67.2 Å². The van der Waals surface area contributed by atoms with Gasteiger partial charge < -0.3 is 5.32 Å². The zero-order valence-electron chi connectivity index (χ0n) is 24.3. The molecule has 6 nitrogen and oxygen atoms in total. The third-order valence-electron chi connectivity index (χ3n) is 7.83. The maximum absolute atomic E-state index is 14.0. The molecule has 1 atom stereocenters. The summed E-state index contributed by atoms with van der Waals surface area (Å²) in [6.45, 7) is 4.05. The number of thioether (sulfide) groups is 1. The molecule has 1 aliphatic rings. The number of nitrogens with one attached hydrogen (secondary N) is 1. The molecule has 0 aliphatic carbocycles. The molecule has 2 amide bonds. The number of rotatable bonds is 7. The number of carbonyl (C=O) groups is 2. The molecule has 0 bridgehead atoms. The van der Waals surface area contributed by atoms with Gasteiger partial charge in [-0.05, 0) is 60.4 Å². The molecule has 0 spiro atoms. The second kappa shape index (κ2) is 12.7. The molecular formula is C35H30ClFN4O2S. The zero-order chi connectivity index (χ0) is 30.8. The van der Waals surface area contributed by atoms with Gasteiger partial charge in [0.25, 0.3) is 0 Å². The lowest BCUT2D eigenvalue weighted by atomic mass is 9.99. The minimum Gasteiger partial charge on any atom is -0.350 e. The molecule has 0 unspecified atom stereocenters. The Morgan fingerprint density at radius 1 is 0.977 bits per heavy atom. The van der Waals surface area contributed by atoms with E-state index in [9.17, 15) is 14.0 Å². The SMILES string of the molecule is Cc1cccc(-n2nc(-c3ccccc3)c3c2N(CC(=O)NCc2ccc(F)cc2)C(=O)CS[C@@H]3c2ccccc2Cl)c1C. The van der Waals surface area contributed by atoms with Crippen molar-refractivity contribution in [2.75, 3.05) is 17.2 Å². The lowest BCUT2D eigenvalue weighted by Gasteiger charge is -2.24. The van der Waals surface area contributed by atoms with Crippen LogP contribution in [0.3, 0.4) is 0 Å². The van der Waals surface area contributed by atoms with Gasteiger partial charge in [-0.3, -0.25) is 14.5 Å². The Hall–Kier alpha value is -4.40. The molecule has 0 saturated heterocycles. The molecule has 2 heterocycles. The van der Waals surface area contributed by atoms with Gasteiger partial charge in [0.2, 0.25) is 11.8 Å². The van der Waals surface area contributed by atoms with Crippen molar-refractivity contribution in [2.24, 2.45) is 0 Å². The summed E-state index contributed by atoms with van der Waals surface area (Å²) < 4.78 is 15.2. The fourth-order valence-electron chi connectivity index (χ4n) is 5.40. The number of amides is 2. The number of carbonyl (C=O) groups excluding carboxylic acids is 2. The normalized spacial score (nSPS) is 14.7. The van der Waals surface area contributed by atoms with Crippen molar-refractivity contribution in [1.82, 2.24) is 15.1 Å². The first-order chi connectivity index (χ1) is 21.3. The molecule has 0 radical (unpaired) electrons. The Labute approximate surface area is 264 Å². The van der Waals surface area contributed by atoms with Crippen LogP contribution in [-0.2, 0) is 16.1 Å². The predicted molar refractivity (Wildman–Crippen MR) is 175 cm³/mol. The van der Waals surface area contributed by atoms with E-state index in [0.29, 0.717) is 16.5 Å². The molecule has 9 heteroatoms. The van der Waals surface area contributed by atoms with E-state index in [1.165, 1.54) is 23.9 Å². The molecule has 5 aromatic rings. The number of nitrogens with zero attached hydrogens (tertiary/aromatic N) is 3. The summed E-state index contributed by atoms with van der Waals surface area (Å²) in [5.41, 5.74) is 6.94. The largest absolute Gasteiger partial charge is 0.350 e. The van der Waals surface area contributed by atoms with E-state index in [1.807, 2.05) is 86.6 Å². The van der Waals surface area contributed by atoms with E-state index in [2.05, 4.69) is 5.32 Å². The van der Waals surface area contributed by atoms with Crippen LogP contribution in [-0.4, -0.2) is 33.9 Å². The van der Waals surface area contributed by atoms with Crippen molar-refractivity contribution in [3.05, 3.63) is 136 Å². The number of benzene rings is 4. The maximum Gasteiger partial charge on any atom is 0.240 e. The third kappa shape index (κ3) is 5.87. The minimum atomic E-state index is -0.345. The number of hydrogen-bond acceptors (Lipinski definition) is 4. The van der Waals surface area contributed by atoms with Gasteiger partial charge in [-0.1, -0.05) is 84.4 Å². The van der Waals surface area contributed by atoms with Gasteiger partial charge in [-0.2, -0.15) is 5.10 Å². The molecule has 44 heavy (non-hydrogen) atoms. The van der Waals surface area contributed by atoms with Gasteiger partial charge in [0, 0.05) is 22.7 Å². The van der Waals surface area contributed by atoms with E-state index < -0.39 is 0 Å². The van der Waals surface area contributed by atoms with E-state index >= 15 is 0 Å². The van der Waals surface area contributed by atoms with Crippen LogP contribution < -0.4 is 10.2 Å². The van der Waals surface area contributed by atoms with Crippen molar-refractivity contribution in [1.29, 1.82) is 0 Å². The zero-order valence-corrected chi connectivity index (χ0v) is 25.8. The van der Waals surface area contributed by atoms with E-state index in [1.54, 1.807) is 21.7 Å². The lowest BCUT2D eigenvalue weighted by Crippen LogP contribution is -2.42. The molecule has 4 aromatic carbocycles. The van der Waals surface area contributed by atoms with Gasteiger partial charge in [0.15, 0.2) is 0 Å². The van der Waals surface area contributed by atoms with Crippen molar-refractivity contribution in [2.45, 2.75) is 25.6 Å². The highest BCUT2D eigenvalue weighted by molar-refractivity contribution is 8.00. The number of aryl methyl sites for hydroxylation is 1. The van der Waals surface area contributed by atoms with Crippen LogP contribution >= 0.6 is 23.4 Å². The van der Waals surface area contributed by atoms with Gasteiger partial charge in [0.1, 0.15) is 18.2 Å². The van der Waals surface area contributed by atoms with Crippen LogP contribution in [0.15, 0.2) is 97.1 Å². The van der Waals surface area contributed by atoms with Gasteiger partial charge in [0.05, 0.1) is 22.4 Å². The summed E-state index contributed by atoms with van der Waals surface area (Å²) in [6.07, 6.45) is 0. The van der Waals surface area contributed by atoms with Gasteiger partial charge in [-0.15, -0.1) is 11.8 Å². The van der Waals surface area contributed by atoms with E-state index in [4.69, 9.17) is 16.7 Å². The number of hydrogen-bond donors (Lipinski definition) is 1. The van der Waals surface area contributed by atoms with Crippen molar-refractivity contribution in [3.63, 3.8) is 0 Å². The molecular weight excluding hydrogens is 595 g/mol. The first kappa shape index (κ1) is 29.7. The van der Waals surface area contributed by atoms with Crippen molar-refractivity contribution in [3.8, 4) is 16.9 Å². The maximum atomic E-state index is 14.0. The molecule has 6 rings (SSSR count). The fraction of sp³-hybridized carbons (Fsp3) is 0.171.